The van der Waals surface area contributed by atoms with Crippen LogP contribution in [0.1, 0.15) is 37.3 Å². The molecule has 44 heavy (non-hydrogen) atoms. The standard InChI is InChI=1S/C32H37F3N4O4Si/c1-44(2,3)13-12-41-20-38-17-24(27-7-11-37-39(27)22-4-5-22)29-28(8-10-36-31(29)38)43-30-25(33)15-21(16-26(30)34)14-23(40)6-9-32(35)18-42-19-32/h7-8,10-11,15-17,22H,4-6,9,12-14,18-20H2,1-3H3. The number of halogens is 3. The average Bonchev–Trinajstić information content (AvgIpc) is 3.55. The van der Waals surface area contributed by atoms with Crippen molar-refractivity contribution in [3.8, 4) is 22.8 Å². The Bertz CT molecular complexity index is 1650. The molecule has 0 unspecified atom stereocenters. The summed E-state index contributed by atoms with van der Waals surface area (Å²) in [5, 5.41) is 5.11. The Morgan fingerprint density at radius 3 is 2.55 bits per heavy atom. The van der Waals surface area contributed by atoms with E-state index < -0.39 is 31.1 Å². The molecule has 0 atom stereocenters. The highest BCUT2D eigenvalue weighted by Crippen LogP contribution is 2.43. The van der Waals surface area contributed by atoms with Gasteiger partial charge in [-0.2, -0.15) is 5.10 Å². The SMILES string of the molecule is C[Si](C)(C)CCOCn1cc(-c2ccnn2C2CC2)c2c(Oc3c(F)cc(CC(=O)CCC4(F)COC4)cc3F)ccnc21. The number of Topliss-reactive ketones (excluding diaryl/α,β-unsaturated/α-hetero) is 1. The molecule has 1 saturated heterocycles. The van der Waals surface area contributed by atoms with Crippen LogP contribution in [-0.2, 0) is 27.4 Å². The number of hydrogen-bond donors (Lipinski definition) is 0. The number of ether oxygens (including phenoxy) is 3. The van der Waals surface area contributed by atoms with E-state index in [9.17, 15) is 9.18 Å². The molecule has 3 aromatic heterocycles. The smallest absolute Gasteiger partial charge is 0.198 e. The maximum absolute atomic E-state index is 15.3. The number of nitrogens with zero attached hydrogens (tertiary/aromatic N) is 4. The molecular weight excluding hydrogens is 589 g/mol. The fourth-order valence-corrected chi connectivity index (χ4v) is 6.07. The number of aromatic nitrogens is 4. The maximum atomic E-state index is 15.3. The molecular formula is C32H37F3N4O4Si. The van der Waals surface area contributed by atoms with Crippen LogP contribution in [0.3, 0.4) is 0 Å². The topological polar surface area (TPSA) is 80.4 Å². The van der Waals surface area contributed by atoms with Crippen molar-refractivity contribution in [1.29, 1.82) is 0 Å². The summed E-state index contributed by atoms with van der Waals surface area (Å²) >= 11 is 0. The van der Waals surface area contributed by atoms with Crippen LogP contribution >= 0.6 is 0 Å². The Morgan fingerprint density at radius 1 is 1.14 bits per heavy atom. The summed E-state index contributed by atoms with van der Waals surface area (Å²) < 4.78 is 65.6. The van der Waals surface area contributed by atoms with Gasteiger partial charge in [0.1, 0.15) is 23.9 Å². The zero-order valence-corrected chi connectivity index (χ0v) is 26.2. The summed E-state index contributed by atoms with van der Waals surface area (Å²) in [6.45, 7) is 7.69. The van der Waals surface area contributed by atoms with Crippen LogP contribution in [0.2, 0.25) is 25.7 Å². The third-order valence-corrected chi connectivity index (χ3v) is 9.73. The Labute approximate surface area is 255 Å². The molecule has 4 heterocycles. The lowest BCUT2D eigenvalue weighted by molar-refractivity contribution is -0.139. The van der Waals surface area contributed by atoms with Crippen LogP contribution in [0, 0.1) is 11.6 Å². The van der Waals surface area contributed by atoms with Gasteiger partial charge in [-0.3, -0.25) is 9.48 Å². The Balaban J connectivity index is 1.28. The van der Waals surface area contributed by atoms with Gasteiger partial charge in [-0.1, -0.05) is 19.6 Å². The number of rotatable bonds is 14. The molecule has 1 aromatic carbocycles. The normalized spacial score (nSPS) is 16.3. The number of alkyl halides is 1. The molecule has 0 amide bonds. The van der Waals surface area contributed by atoms with Gasteiger partial charge in [-0.15, -0.1) is 0 Å². The molecule has 8 nitrogen and oxygen atoms in total. The van der Waals surface area contributed by atoms with Crippen LogP contribution in [0.5, 0.6) is 11.5 Å². The third kappa shape index (κ3) is 6.77. The van der Waals surface area contributed by atoms with E-state index in [0.717, 1.165) is 42.3 Å². The molecule has 234 valence electrons. The second-order valence-corrected chi connectivity index (χ2v) is 18.7. The zero-order valence-electron chi connectivity index (χ0n) is 25.2. The van der Waals surface area contributed by atoms with Crippen molar-refractivity contribution < 1.29 is 32.2 Å². The minimum absolute atomic E-state index is 0.0288. The van der Waals surface area contributed by atoms with E-state index in [2.05, 4.69) is 29.7 Å². The number of pyridine rings is 1. The minimum Gasteiger partial charge on any atom is -0.450 e. The molecule has 0 spiro atoms. The molecule has 6 rings (SSSR count). The molecule has 0 N–H and O–H groups in total. The monoisotopic (exact) mass is 626 g/mol. The number of fused-ring (bicyclic) bond motifs is 1. The fraction of sp³-hybridized carbons (Fsp3) is 0.469. The van der Waals surface area contributed by atoms with Crippen LogP contribution < -0.4 is 4.74 Å². The molecule has 0 bridgehead atoms. The predicted octanol–water partition coefficient (Wildman–Crippen LogP) is 7.25. The summed E-state index contributed by atoms with van der Waals surface area (Å²) in [6.07, 6.45) is 7.05. The fourth-order valence-electron chi connectivity index (χ4n) is 5.31. The highest BCUT2D eigenvalue weighted by atomic mass is 28.3. The van der Waals surface area contributed by atoms with Gasteiger partial charge in [0.15, 0.2) is 23.1 Å². The summed E-state index contributed by atoms with van der Waals surface area (Å²) in [5.41, 5.74) is 0.847. The molecule has 1 aliphatic heterocycles. The van der Waals surface area contributed by atoms with E-state index in [-0.39, 0.29) is 56.3 Å². The first-order valence-electron chi connectivity index (χ1n) is 15.0. The molecule has 2 fully saturated rings. The van der Waals surface area contributed by atoms with Crippen molar-refractivity contribution in [2.24, 2.45) is 0 Å². The Hall–Kier alpha value is -3.48. The second kappa shape index (κ2) is 12.1. The van der Waals surface area contributed by atoms with E-state index >= 15 is 8.78 Å². The van der Waals surface area contributed by atoms with Gasteiger partial charge in [0.2, 0.25) is 0 Å². The molecule has 2 aliphatic rings. The van der Waals surface area contributed by atoms with Gasteiger partial charge in [0.05, 0.1) is 30.3 Å². The lowest BCUT2D eigenvalue weighted by Crippen LogP contribution is -2.45. The van der Waals surface area contributed by atoms with E-state index in [0.29, 0.717) is 23.7 Å². The summed E-state index contributed by atoms with van der Waals surface area (Å²) in [6, 6.07) is 6.99. The lowest BCUT2D eigenvalue weighted by Gasteiger charge is -2.33. The van der Waals surface area contributed by atoms with Crippen molar-refractivity contribution in [2.75, 3.05) is 19.8 Å². The molecule has 1 aliphatic carbocycles. The van der Waals surface area contributed by atoms with Gasteiger partial charge in [0.25, 0.3) is 0 Å². The highest BCUT2D eigenvalue weighted by Gasteiger charge is 2.38. The van der Waals surface area contributed by atoms with Crippen molar-refractivity contribution in [2.45, 2.75) is 76.2 Å². The maximum Gasteiger partial charge on any atom is 0.198 e. The highest BCUT2D eigenvalue weighted by molar-refractivity contribution is 6.76. The number of benzene rings is 1. The third-order valence-electron chi connectivity index (χ3n) is 8.03. The zero-order chi connectivity index (χ0) is 31.1. The largest absolute Gasteiger partial charge is 0.450 e. The van der Waals surface area contributed by atoms with Gasteiger partial charge < -0.3 is 18.8 Å². The first-order chi connectivity index (χ1) is 21.0. The van der Waals surface area contributed by atoms with Gasteiger partial charge >= 0.3 is 0 Å². The second-order valence-electron chi connectivity index (χ2n) is 13.1. The van der Waals surface area contributed by atoms with Crippen LogP contribution in [-0.4, -0.2) is 58.7 Å². The summed E-state index contributed by atoms with van der Waals surface area (Å²) in [4.78, 5) is 17.0. The molecule has 4 aromatic rings. The van der Waals surface area contributed by atoms with Crippen molar-refractivity contribution >= 4 is 24.9 Å². The van der Waals surface area contributed by atoms with Gasteiger partial charge in [-0.05, 0) is 55.1 Å². The van der Waals surface area contributed by atoms with Crippen molar-refractivity contribution in [1.82, 2.24) is 19.3 Å². The average molecular weight is 627 g/mol. The van der Waals surface area contributed by atoms with Gasteiger partial charge in [0, 0.05) is 51.7 Å². The number of ketones is 1. The quantitative estimate of drug-likeness (QED) is 0.108. The summed E-state index contributed by atoms with van der Waals surface area (Å²) in [5.74, 6) is -2.53. The van der Waals surface area contributed by atoms with Crippen LogP contribution in [0.25, 0.3) is 22.3 Å². The van der Waals surface area contributed by atoms with Crippen molar-refractivity contribution in [3.05, 3.63) is 60.1 Å². The predicted molar refractivity (Wildman–Crippen MR) is 162 cm³/mol. The first kappa shape index (κ1) is 30.5. The van der Waals surface area contributed by atoms with E-state index in [1.807, 2.05) is 21.5 Å². The molecule has 1 saturated carbocycles. The van der Waals surface area contributed by atoms with Gasteiger partial charge in [-0.25, -0.2) is 18.2 Å². The van der Waals surface area contributed by atoms with E-state index in [4.69, 9.17) is 14.2 Å². The lowest BCUT2D eigenvalue weighted by atomic mass is 9.95. The Morgan fingerprint density at radius 2 is 1.89 bits per heavy atom. The van der Waals surface area contributed by atoms with Crippen LogP contribution in [0.15, 0.2) is 42.9 Å². The number of carbonyl (C=O) groups excluding carboxylic acids is 1. The molecule has 0 radical (unpaired) electrons. The number of hydrogen-bond acceptors (Lipinski definition) is 6. The van der Waals surface area contributed by atoms with Crippen molar-refractivity contribution in [3.63, 3.8) is 0 Å². The van der Waals surface area contributed by atoms with E-state index in [1.165, 1.54) is 6.20 Å². The summed E-state index contributed by atoms with van der Waals surface area (Å²) in [7, 11) is -1.28. The number of carbonyl (C=O) groups is 1. The van der Waals surface area contributed by atoms with Crippen LogP contribution in [0.4, 0.5) is 13.2 Å². The van der Waals surface area contributed by atoms with E-state index in [1.54, 1.807) is 12.3 Å². The first-order valence-corrected chi connectivity index (χ1v) is 18.7. The molecule has 12 heteroatoms. The Kier molecular flexibility index (Phi) is 8.42. The minimum atomic E-state index is -1.49.